The number of hydrogen-bond donors (Lipinski definition) is 2. The Morgan fingerprint density at radius 1 is 1.04 bits per heavy atom. The van der Waals surface area contributed by atoms with Gasteiger partial charge < -0.3 is 29.1 Å². The zero-order chi connectivity index (χ0) is 35.1. The number of carbonyl (C=O) groups excluding carboxylic acids is 2. The first kappa shape index (κ1) is 35.5. The lowest BCUT2D eigenvalue weighted by atomic mass is 9.82. The summed E-state index contributed by atoms with van der Waals surface area (Å²) in [7, 11) is -3.34. The molecular weight excluding hydrogens is 636 g/mol. The highest BCUT2D eigenvalue weighted by atomic mass is 28.4. The van der Waals surface area contributed by atoms with Gasteiger partial charge >= 0.3 is 0 Å². The maximum absolute atomic E-state index is 16.1. The van der Waals surface area contributed by atoms with Crippen LogP contribution in [0.25, 0.3) is 0 Å². The van der Waals surface area contributed by atoms with Gasteiger partial charge in [-0.3, -0.25) is 14.5 Å². The first-order valence-electron chi connectivity index (χ1n) is 17.9. The summed E-state index contributed by atoms with van der Waals surface area (Å²) in [6.07, 6.45) is 7.21. The van der Waals surface area contributed by atoms with Crippen LogP contribution in [0, 0.1) is 5.92 Å². The Labute approximate surface area is 292 Å². The minimum atomic E-state index is -3.34. The third kappa shape index (κ3) is 6.19. The van der Waals surface area contributed by atoms with Crippen LogP contribution in [-0.2, 0) is 19.9 Å². The molecular formula is C39H53FN4O4Si. The summed E-state index contributed by atoms with van der Waals surface area (Å²) in [5.41, 5.74) is 3.03. The number of benzene rings is 2. The number of carbonyl (C=O) groups is 2. The Morgan fingerprint density at radius 2 is 1.76 bits per heavy atom. The monoisotopic (exact) mass is 688 g/mol. The molecule has 2 spiro atoms. The molecule has 0 unspecified atom stereocenters. The number of amides is 2. The molecule has 2 N–H and O–H groups in total. The Hall–Kier alpha value is -3.31. The van der Waals surface area contributed by atoms with Gasteiger partial charge in [0.25, 0.3) is 11.8 Å². The van der Waals surface area contributed by atoms with Crippen molar-refractivity contribution in [2.45, 2.75) is 95.7 Å². The van der Waals surface area contributed by atoms with Gasteiger partial charge in [-0.25, -0.2) is 0 Å². The molecule has 0 bridgehead atoms. The van der Waals surface area contributed by atoms with Crippen molar-refractivity contribution < 1.29 is 23.5 Å². The normalized spacial score (nSPS) is 26.7. The van der Waals surface area contributed by atoms with Crippen LogP contribution in [0.1, 0.15) is 65.4 Å². The fourth-order valence-corrected chi connectivity index (χ4v) is 11.4. The number of anilines is 3. The molecule has 8 nitrogen and oxygen atoms in total. The number of hydrogen-bond acceptors (Lipinski definition) is 6. The number of para-hydroxylation sites is 1. The zero-order valence-electron chi connectivity index (χ0n) is 30.0. The second-order valence-corrected chi connectivity index (χ2v) is 19.0. The molecule has 4 aliphatic rings. The minimum Gasteiger partial charge on any atom is -0.396 e. The largest absolute Gasteiger partial charge is 0.396 e. The zero-order valence-corrected chi connectivity index (χ0v) is 31.0. The summed E-state index contributed by atoms with van der Waals surface area (Å²) in [4.78, 5) is 35.2. The molecule has 3 fully saturated rings. The molecule has 0 aliphatic carbocycles. The van der Waals surface area contributed by atoms with Crippen molar-refractivity contribution in [2.24, 2.45) is 5.92 Å². The van der Waals surface area contributed by atoms with E-state index in [-0.39, 0.29) is 24.8 Å². The number of nitrogens with one attached hydrogen (secondary N) is 1. The molecule has 3 saturated heterocycles. The summed E-state index contributed by atoms with van der Waals surface area (Å²) in [5.74, 6) is -0.606. The van der Waals surface area contributed by atoms with E-state index in [1.165, 1.54) is 11.1 Å². The number of fused-ring (bicyclic) bond motifs is 2. The SMILES string of the molecule is CC(C)=CCC/C(C)=C/CN1C(=O)[C@]2(O[C@H](CCO)[C@@H]([Si](C)(C)F)[C@@H]2C)c2cc(N3CN(c4ccccc4)C4(CCNCC4)C3=O)ccc21. The number of aliphatic hydroxyl groups excluding tert-OH is 1. The third-order valence-corrected chi connectivity index (χ3v) is 13.8. The van der Waals surface area contributed by atoms with Crippen LogP contribution in [0.3, 0.4) is 0 Å². The van der Waals surface area contributed by atoms with Gasteiger partial charge in [-0.15, -0.1) is 0 Å². The van der Waals surface area contributed by atoms with E-state index in [0.717, 1.165) is 37.3 Å². The molecule has 10 heteroatoms. The lowest BCUT2D eigenvalue weighted by Crippen LogP contribution is -2.55. The second kappa shape index (κ2) is 13.8. The van der Waals surface area contributed by atoms with Crippen LogP contribution in [0.15, 0.2) is 71.8 Å². The fourth-order valence-electron chi connectivity index (χ4n) is 8.89. The Balaban J connectivity index is 1.43. The van der Waals surface area contributed by atoms with Crippen molar-refractivity contribution in [1.82, 2.24) is 5.32 Å². The van der Waals surface area contributed by atoms with Gasteiger partial charge in [0.2, 0.25) is 8.41 Å². The average molecular weight is 689 g/mol. The lowest BCUT2D eigenvalue weighted by molar-refractivity contribution is -0.146. The van der Waals surface area contributed by atoms with E-state index in [0.29, 0.717) is 37.3 Å². The molecule has 0 radical (unpaired) electrons. The average Bonchev–Trinajstić information content (AvgIpc) is 3.61. The van der Waals surface area contributed by atoms with Crippen LogP contribution in [0.5, 0.6) is 0 Å². The molecule has 2 amide bonds. The van der Waals surface area contributed by atoms with Crippen molar-refractivity contribution in [2.75, 3.05) is 47.6 Å². The van der Waals surface area contributed by atoms with Crippen LogP contribution >= 0.6 is 0 Å². The number of piperidine rings is 1. The molecule has 49 heavy (non-hydrogen) atoms. The molecule has 0 aromatic heterocycles. The molecule has 4 aliphatic heterocycles. The summed E-state index contributed by atoms with van der Waals surface area (Å²) >= 11 is 0. The highest BCUT2D eigenvalue weighted by molar-refractivity contribution is 6.72. The molecule has 2 aromatic carbocycles. The van der Waals surface area contributed by atoms with Crippen molar-refractivity contribution in [3.05, 3.63) is 77.4 Å². The Bertz CT molecular complexity index is 1610. The van der Waals surface area contributed by atoms with Crippen LogP contribution in [0.2, 0.25) is 18.6 Å². The summed E-state index contributed by atoms with van der Waals surface area (Å²) in [6.45, 7) is 13.7. The van der Waals surface area contributed by atoms with Gasteiger partial charge in [0.05, 0.1) is 18.5 Å². The number of allylic oxidation sites excluding steroid dienone is 3. The van der Waals surface area contributed by atoms with E-state index >= 15 is 4.11 Å². The number of nitrogens with zero attached hydrogens (tertiary/aromatic N) is 3. The maximum Gasteiger partial charge on any atom is 0.264 e. The lowest BCUT2D eigenvalue weighted by Gasteiger charge is -2.39. The van der Waals surface area contributed by atoms with E-state index < -0.39 is 37.1 Å². The van der Waals surface area contributed by atoms with E-state index in [9.17, 15) is 14.7 Å². The summed E-state index contributed by atoms with van der Waals surface area (Å²) in [5, 5.41) is 13.4. The molecule has 264 valence electrons. The number of ether oxygens (including phenoxy) is 1. The Morgan fingerprint density at radius 3 is 2.41 bits per heavy atom. The number of halogens is 1. The first-order valence-corrected chi connectivity index (χ1v) is 20.9. The smallest absolute Gasteiger partial charge is 0.264 e. The Kier molecular flexibility index (Phi) is 9.98. The second-order valence-electron chi connectivity index (χ2n) is 15.2. The summed E-state index contributed by atoms with van der Waals surface area (Å²) < 4.78 is 22.9. The summed E-state index contributed by atoms with van der Waals surface area (Å²) in [6, 6.07) is 16.0. The fraction of sp³-hybridized carbons (Fsp3) is 0.538. The quantitative estimate of drug-likeness (QED) is 0.162. The van der Waals surface area contributed by atoms with Crippen LogP contribution in [-0.4, -0.2) is 69.9 Å². The van der Waals surface area contributed by atoms with E-state index in [1.54, 1.807) is 18.0 Å². The number of aliphatic hydroxyl groups is 1. The van der Waals surface area contributed by atoms with Crippen molar-refractivity contribution in [3.63, 3.8) is 0 Å². The van der Waals surface area contributed by atoms with Gasteiger partial charge in [-0.05, 0) is 109 Å². The maximum atomic E-state index is 16.1. The minimum absolute atomic E-state index is 0.0525. The van der Waals surface area contributed by atoms with Crippen molar-refractivity contribution in [1.29, 1.82) is 0 Å². The predicted molar refractivity (Wildman–Crippen MR) is 197 cm³/mol. The molecule has 2 aromatic rings. The van der Waals surface area contributed by atoms with E-state index in [4.69, 9.17) is 4.74 Å². The van der Waals surface area contributed by atoms with Gasteiger partial charge in [0.15, 0.2) is 5.60 Å². The highest BCUT2D eigenvalue weighted by Gasteiger charge is 2.66. The van der Waals surface area contributed by atoms with Gasteiger partial charge in [0.1, 0.15) is 5.54 Å². The van der Waals surface area contributed by atoms with Crippen LogP contribution < -0.4 is 20.0 Å². The molecule has 4 heterocycles. The third-order valence-electron chi connectivity index (χ3n) is 11.3. The van der Waals surface area contributed by atoms with Crippen LogP contribution in [0.4, 0.5) is 21.2 Å². The van der Waals surface area contributed by atoms with Gasteiger partial charge in [-0.2, -0.15) is 0 Å². The molecule has 6 rings (SSSR count). The number of rotatable bonds is 10. The van der Waals surface area contributed by atoms with E-state index in [2.05, 4.69) is 55.3 Å². The molecule has 4 atom stereocenters. The first-order chi connectivity index (χ1) is 23.3. The van der Waals surface area contributed by atoms with Crippen molar-refractivity contribution in [3.8, 4) is 0 Å². The van der Waals surface area contributed by atoms with E-state index in [1.807, 2.05) is 48.2 Å². The topological polar surface area (TPSA) is 85.3 Å². The predicted octanol–water partition coefficient (Wildman–Crippen LogP) is 6.82. The highest BCUT2D eigenvalue weighted by Crippen LogP contribution is 2.60. The van der Waals surface area contributed by atoms with Gasteiger partial charge in [-0.1, -0.05) is 48.4 Å². The standard InChI is InChI=1S/C39H53FN4O4Si/c1-27(2)11-10-12-28(3)17-23-42-33-16-15-31(25-32(33)39(37(42)47)29(4)35(49(5,6)40)34(48-39)18-24-45)43-26-44(30-13-8-7-9-14-30)38(36(43)46)19-21-41-22-20-38/h7-9,11,13-17,25,29,34-35,41,45H,10,12,18-24,26H2,1-6H3/b28-17+/t29-,34+,35-,39+/m0/s1. The van der Waals surface area contributed by atoms with Crippen molar-refractivity contribution >= 4 is 37.3 Å². The van der Waals surface area contributed by atoms with Gasteiger partial charge in [0, 0.05) is 41.5 Å². The molecule has 0 saturated carbocycles.